The van der Waals surface area contributed by atoms with E-state index in [-0.39, 0.29) is 17.6 Å². The van der Waals surface area contributed by atoms with Crippen molar-refractivity contribution < 1.29 is 14.0 Å². The second kappa shape index (κ2) is 9.47. The molecule has 0 unspecified atom stereocenters. The van der Waals surface area contributed by atoms with Crippen LogP contribution < -0.4 is 10.6 Å². The van der Waals surface area contributed by atoms with Crippen LogP contribution in [0.3, 0.4) is 0 Å². The average Bonchev–Trinajstić information content (AvgIpc) is 3.20. The molecule has 2 amide bonds. The Morgan fingerprint density at radius 1 is 0.969 bits per heavy atom. The number of amides is 2. The highest BCUT2D eigenvalue weighted by atomic mass is 19.1. The van der Waals surface area contributed by atoms with Crippen molar-refractivity contribution in [1.82, 2.24) is 15.6 Å². The number of nitrogens with one attached hydrogen (secondary N) is 3. The number of hydrogen-bond acceptors (Lipinski definition) is 2. The number of aromatic amines is 1. The van der Waals surface area contributed by atoms with Gasteiger partial charge in [-0.2, -0.15) is 0 Å². The maximum Gasteiger partial charge on any atom is 0.251 e. The predicted molar refractivity (Wildman–Crippen MR) is 124 cm³/mol. The average molecular weight is 429 g/mol. The van der Waals surface area contributed by atoms with Crippen LogP contribution >= 0.6 is 0 Å². The highest BCUT2D eigenvalue weighted by Gasteiger charge is 2.15. The highest BCUT2D eigenvalue weighted by Crippen LogP contribution is 2.31. The molecule has 0 aliphatic rings. The number of aryl methyl sites for hydroxylation is 1. The van der Waals surface area contributed by atoms with Gasteiger partial charge in [0.15, 0.2) is 0 Å². The third-order valence-corrected chi connectivity index (χ3v) is 5.45. The summed E-state index contributed by atoms with van der Waals surface area (Å²) in [7, 11) is 1.59. The van der Waals surface area contributed by atoms with Crippen LogP contribution in [0.15, 0.2) is 72.8 Å². The third-order valence-electron chi connectivity index (χ3n) is 5.45. The van der Waals surface area contributed by atoms with Crippen molar-refractivity contribution in [2.45, 2.75) is 19.4 Å². The van der Waals surface area contributed by atoms with Crippen molar-refractivity contribution in [2.75, 3.05) is 7.05 Å². The first-order valence-corrected chi connectivity index (χ1v) is 10.5. The Labute approximate surface area is 185 Å². The summed E-state index contributed by atoms with van der Waals surface area (Å²) in [5.41, 5.74) is 5.21. The summed E-state index contributed by atoms with van der Waals surface area (Å²) in [6, 6.07) is 21.5. The van der Waals surface area contributed by atoms with E-state index in [2.05, 4.69) is 15.6 Å². The lowest BCUT2D eigenvalue weighted by atomic mass is 10.0. The van der Waals surface area contributed by atoms with E-state index in [0.29, 0.717) is 24.9 Å². The van der Waals surface area contributed by atoms with Crippen LogP contribution in [-0.4, -0.2) is 23.8 Å². The van der Waals surface area contributed by atoms with Gasteiger partial charge in [0.2, 0.25) is 5.91 Å². The molecule has 162 valence electrons. The van der Waals surface area contributed by atoms with E-state index in [1.165, 1.54) is 12.1 Å². The summed E-state index contributed by atoms with van der Waals surface area (Å²) in [6.07, 6.45) is 0.853. The monoisotopic (exact) mass is 429 g/mol. The topological polar surface area (TPSA) is 74.0 Å². The minimum Gasteiger partial charge on any atom is -0.355 e. The van der Waals surface area contributed by atoms with Crippen LogP contribution in [0.25, 0.3) is 22.2 Å². The number of H-pyrrole nitrogens is 1. The van der Waals surface area contributed by atoms with Gasteiger partial charge in [-0.1, -0.05) is 30.3 Å². The highest BCUT2D eigenvalue weighted by molar-refractivity contribution is 5.94. The number of carbonyl (C=O) groups excluding carboxylic acids is 2. The van der Waals surface area contributed by atoms with E-state index < -0.39 is 0 Å². The summed E-state index contributed by atoms with van der Waals surface area (Å²) in [5.74, 6) is -0.525. The second-order valence-corrected chi connectivity index (χ2v) is 7.59. The number of benzene rings is 3. The van der Waals surface area contributed by atoms with Gasteiger partial charge < -0.3 is 15.6 Å². The first-order chi connectivity index (χ1) is 15.5. The van der Waals surface area contributed by atoms with E-state index in [1.54, 1.807) is 37.4 Å². The molecule has 0 saturated carbocycles. The van der Waals surface area contributed by atoms with Crippen LogP contribution in [0.1, 0.15) is 27.9 Å². The Balaban J connectivity index is 1.47. The first kappa shape index (κ1) is 21.3. The van der Waals surface area contributed by atoms with Crippen molar-refractivity contribution in [3.8, 4) is 11.3 Å². The molecule has 0 atom stereocenters. The largest absolute Gasteiger partial charge is 0.355 e. The van der Waals surface area contributed by atoms with Gasteiger partial charge in [-0.15, -0.1) is 0 Å². The fraction of sp³-hybridized carbons (Fsp3) is 0.154. The third kappa shape index (κ3) is 4.70. The zero-order valence-corrected chi connectivity index (χ0v) is 17.7. The van der Waals surface area contributed by atoms with Crippen molar-refractivity contribution in [1.29, 1.82) is 0 Å². The molecule has 5 nitrogen and oxygen atoms in total. The lowest BCUT2D eigenvalue weighted by Gasteiger charge is -2.08. The van der Waals surface area contributed by atoms with E-state index in [9.17, 15) is 14.0 Å². The number of carbonyl (C=O) groups is 2. The van der Waals surface area contributed by atoms with Gasteiger partial charge in [0.05, 0.1) is 0 Å². The summed E-state index contributed by atoms with van der Waals surface area (Å²) < 4.78 is 13.4. The van der Waals surface area contributed by atoms with E-state index in [1.807, 2.05) is 30.3 Å². The van der Waals surface area contributed by atoms with Crippen molar-refractivity contribution in [3.05, 3.63) is 95.3 Å². The Morgan fingerprint density at radius 2 is 1.75 bits per heavy atom. The van der Waals surface area contributed by atoms with Crippen LogP contribution in [0.2, 0.25) is 0 Å². The Morgan fingerprint density at radius 3 is 2.53 bits per heavy atom. The molecule has 4 rings (SSSR count). The molecule has 0 bridgehead atoms. The number of halogens is 1. The summed E-state index contributed by atoms with van der Waals surface area (Å²) >= 11 is 0. The molecule has 0 aliphatic heterocycles. The zero-order valence-electron chi connectivity index (χ0n) is 17.7. The van der Waals surface area contributed by atoms with Gasteiger partial charge in [0.25, 0.3) is 5.91 Å². The minimum atomic E-state index is -0.286. The van der Waals surface area contributed by atoms with Gasteiger partial charge in [-0.3, -0.25) is 9.59 Å². The van der Waals surface area contributed by atoms with Crippen LogP contribution in [-0.2, 0) is 17.8 Å². The maximum atomic E-state index is 13.4. The summed E-state index contributed by atoms with van der Waals surface area (Å²) in [4.78, 5) is 27.8. The lowest BCUT2D eigenvalue weighted by Crippen LogP contribution is -2.23. The predicted octanol–water partition coefficient (Wildman–Crippen LogP) is 4.58. The summed E-state index contributed by atoms with van der Waals surface area (Å²) in [6.45, 7) is 0.350. The Bertz CT molecular complexity index is 1260. The molecular weight excluding hydrogens is 405 g/mol. The van der Waals surface area contributed by atoms with Gasteiger partial charge in [-0.05, 0) is 65.6 Å². The van der Waals surface area contributed by atoms with E-state index in [4.69, 9.17) is 0 Å². The Kier molecular flexibility index (Phi) is 6.31. The molecule has 0 spiro atoms. The molecule has 6 heteroatoms. The molecule has 0 saturated heterocycles. The molecule has 4 aromatic rings. The van der Waals surface area contributed by atoms with Crippen molar-refractivity contribution in [3.63, 3.8) is 0 Å². The van der Waals surface area contributed by atoms with E-state index >= 15 is 0 Å². The summed E-state index contributed by atoms with van der Waals surface area (Å²) in [5, 5.41) is 6.58. The van der Waals surface area contributed by atoms with Crippen molar-refractivity contribution >= 4 is 22.7 Å². The molecule has 0 fully saturated rings. The minimum absolute atomic E-state index is 0.0781. The standard InChI is InChI=1S/C26H24FN3O2/c1-28-26(32)19-6-4-5-17(15-19)16-29-24(31)14-13-22-21-7-2-3-8-23(21)30-25(22)18-9-11-20(27)12-10-18/h2-12,15,30H,13-14,16H2,1H3,(H,28,32)(H,29,31). The fourth-order valence-corrected chi connectivity index (χ4v) is 3.82. The maximum absolute atomic E-state index is 13.4. The second-order valence-electron chi connectivity index (χ2n) is 7.59. The molecular formula is C26H24FN3O2. The van der Waals surface area contributed by atoms with Crippen LogP contribution in [0.4, 0.5) is 4.39 Å². The normalized spacial score (nSPS) is 10.8. The van der Waals surface area contributed by atoms with E-state index in [0.717, 1.165) is 33.3 Å². The molecule has 3 aromatic carbocycles. The number of fused-ring (bicyclic) bond motifs is 1. The fourth-order valence-electron chi connectivity index (χ4n) is 3.82. The van der Waals surface area contributed by atoms with Crippen LogP contribution in [0, 0.1) is 5.82 Å². The first-order valence-electron chi connectivity index (χ1n) is 10.5. The van der Waals surface area contributed by atoms with Gasteiger partial charge in [0.1, 0.15) is 5.82 Å². The van der Waals surface area contributed by atoms with Gasteiger partial charge >= 0.3 is 0 Å². The van der Waals surface area contributed by atoms with Gasteiger partial charge in [0, 0.05) is 42.2 Å². The molecule has 0 aliphatic carbocycles. The van der Waals surface area contributed by atoms with Crippen molar-refractivity contribution in [2.24, 2.45) is 0 Å². The molecule has 0 radical (unpaired) electrons. The molecule has 3 N–H and O–H groups in total. The number of para-hydroxylation sites is 1. The Hall–Kier alpha value is -3.93. The molecule has 1 heterocycles. The SMILES string of the molecule is CNC(=O)c1cccc(CNC(=O)CCc2c(-c3ccc(F)cc3)[nH]c3ccccc23)c1. The zero-order chi connectivity index (χ0) is 22.5. The van der Waals surface area contributed by atoms with Gasteiger partial charge in [-0.25, -0.2) is 4.39 Å². The van der Waals surface area contributed by atoms with Crippen LogP contribution in [0.5, 0.6) is 0 Å². The smallest absolute Gasteiger partial charge is 0.251 e. The number of hydrogen-bond donors (Lipinski definition) is 3. The molecule has 32 heavy (non-hydrogen) atoms. The number of aromatic nitrogens is 1. The quantitative estimate of drug-likeness (QED) is 0.402. The lowest BCUT2D eigenvalue weighted by molar-refractivity contribution is -0.121. The number of rotatable bonds is 7. The molecule has 1 aromatic heterocycles.